The van der Waals surface area contributed by atoms with Crippen molar-refractivity contribution in [2.75, 3.05) is 5.32 Å². The number of thiophene rings is 1. The summed E-state index contributed by atoms with van der Waals surface area (Å²) >= 11 is 1.52. The molecule has 2 aromatic rings. The Labute approximate surface area is 168 Å². The van der Waals surface area contributed by atoms with Gasteiger partial charge in [-0.2, -0.15) is 0 Å². The van der Waals surface area contributed by atoms with E-state index in [1.807, 2.05) is 0 Å². The normalized spacial score (nSPS) is 21.6. The molecule has 2 aliphatic carbocycles. The predicted molar refractivity (Wildman–Crippen MR) is 109 cm³/mol. The van der Waals surface area contributed by atoms with Crippen molar-refractivity contribution in [3.8, 4) is 0 Å². The summed E-state index contributed by atoms with van der Waals surface area (Å²) in [6, 6.07) is 3.51. The van der Waals surface area contributed by atoms with Crippen molar-refractivity contribution < 1.29 is 14.7 Å². The van der Waals surface area contributed by atoms with E-state index in [0.717, 1.165) is 56.9 Å². The topological polar surface area (TPSA) is 91.3 Å². The van der Waals surface area contributed by atoms with Gasteiger partial charge in [-0.15, -0.1) is 11.3 Å². The van der Waals surface area contributed by atoms with E-state index in [0.29, 0.717) is 16.1 Å². The van der Waals surface area contributed by atoms with Gasteiger partial charge in [-0.1, -0.05) is 0 Å². The molecule has 0 radical (unpaired) electrons. The van der Waals surface area contributed by atoms with Crippen molar-refractivity contribution in [2.45, 2.75) is 63.5 Å². The first-order chi connectivity index (χ1) is 13.6. The molecule has 0 aromatic carbocycles. The van der Waals surface area contributed by atoms with E-state index in [4.69, 9.17) is 0 Å². The summed E-state index contributed by atoms with van der Waals surface area (Å²) in [6.45, 7) is 0. The molecule has 0 saturated heterocycles. The Morgan fingerprint density at radius 3 is 2.64 bits per heavy atom. The Morgan fingerprint density at radius 1 is 1.11 bits per heavy atom. The molecule has 4 rings (SSSR count). The predicted octanol–water partition coefficient (Wildman–Crippen LogP) is 3.31. The lowest BCUT2D eigenvalue weighted by molar-refractivity contribution is 0.0867. The first kappa shape index (κ1) is 19.1. The summed E-state index contributed by atoms with van der Waals surface area (Å²) in [5.74, 6) is -0.358. The third-order valence-electron chi connectivity index (χ3n) is 5.58. The van der Waals surface area contributed by atoms with Crippen molar-refractivity contribution >= 4 is 28.2 Å². The lowest BCUT2D eigenvalue weighted by Gasteiger charge is -2.26. The minimum Gasteiger partial charge on any atom is -0.393 e. The number of nitrogens with zero attached hydrogens (tertiary/aromatic N) is 1. The maximum Gasteiger partial charge on any atom is 0.257 e. The van der Waals surface area contributed by atoms with Gasteiger partial charge >= 0.3 is 0 Å². The van der Waals surface area contributed by atoms with Gasteiger partial charge in [0.25, 0.3) is 11.8 Å². The van der Waals surface area contributed by atoms with Crippen LogP contribution in [0.2, 0.25) is 0 Å². The molecule has 1 saturated carbocycles. The standard InChI is InChI=1S/C21H25N3O3S/c25-15-9-7-14(8-10-15)23-20(27)18-16-5-1-2-6-17(16)28-21(18)24-19(26)13-4-3-11-22-12-13/h3-4,11-12,14-15,25H,1-2,5-10H2,(H,23,27)(H,24,26)/t14-,15-. The molecule has 2 aliphatic rings. The van der Waals surface area contributed by atoms with Gasteiger partial charge in [0.1, 0.15) is 5.00 Å². The first-order valence-corrected chi connectivity index (χ1v) is 10.8. The number of carbonyl (C=O) groups excluding carboxylic acids is 2. The van der Waals surface area contributed by atoms with Crippen LogP contribution in [0.1, 0.15) is 69.7 Å². The average Bonchev–Trinajstić information content (AvgIpc) is 3.08. The third-order valence-corrected chi connectivity index (χ3v) is 6.79. The maximum absolute atomic E-state index is 13.1. The number of aliphatic hydroxyl groups is 1. The second kappa shape index (κ2) is 8.41. The number of aromatic nitrogens is 1. The van der Waals surface area contributed by atoms with E-state index in [1.54, 1.807) is 18.3 Å². The second-order valence-electron chi connectivity index (χ2n) is 7.59. The third kappa shape index (κ3) is 4.10. The number of rotatable bonds is 4. The molecule has 6 nitrogen and oxygen atoms in total. The lowest BCUT2D eigenvalue weighted by atomic mass is 9.92. The molecule has 2 heterocycles. The minimum absolute atomic E-state index is 0.0805. The average molecular weight is 400 g/mol. The largest absolute Gasteiger partial charge is 0.393 e. The number of nitrogens with one attached hydrogen (secondary N) is 2. The van der Waals surface area contributed by atoms with Gasteiger partial charge in [0.15, 0.2) is 0 Å². The highest BCUT2D eigenvalue weighted by molar-refractivity contribution is 7.17. The maximum atomic E-state index is 13.1. The monoisotopic (exact) mass is 399 g/mol. The Morgan fingerprint density at radius 2 is 1.89 bits per heavy atom. The number of pyridine rings is 1. The SMILES string of the molecule is O=C(Nc1sc2c(c1C(=O)N[C@H]1CC[C@H](O)CC1)CCCC2)c1cccnc1. The number of hydrogen-bond acceptors (Lipinski definition) is 5. The number of carbonyl (C=O) groups is 2. The summed E-state index contributed by atoms with van der Waals surface area (Å²) in [7, 11) is 0. The van der Waals surface area contributed by atoms with Crippen LogP contribution in [0.4, 0.5) is 5.00 Å². The van der Waals surface area contributed by atoms with Crippen molar-refractivity contribution in [1.82, 2.24) is 10.3 Å². The number of fused-ring (bicyclic) bond motifs is 1. The van der Waals surface area contributed by atoms with Crippen LogP contribution in [-0.4, -0.2) is 34.1 Å². The molecule has 7 heteroatoms. The lowest BCUT2D eigenvalue weighted by Crippen LogP contribution is -2.39. The van der Waals surface area contributed by atoms with E-state index in [1.165, 1.54) is 22.4 Å². The van der Waals surface area contributed by atoms with Crippen LogP contribution in [-0.2, 0) is 12.8 Å². The molecule has 2 amide bonds. The highest BCUT2D eigenvalue weighted by Gasteiger charge is 2.29. The summed E-state index contributed by atoms with van der Waals surface area (Å²) < 4.78 is 0. The highest BCUT2D eigenvalue weighted by atomic mass is 32.1. The molecule has 0 bridgehead atoms. The fraction of sp³-hybridized carbons (Fsp3) is 0.476. The number of amides is 2. The van der Waals surface area contributed by atoms with Gasteiger partial charge in [0, 0.05) is 23.3 Å². The van der Waals surface area contributed by atoms with Crippen molar-refractivity contribution in [3.63, 3.8) is 0 Å². The summed E-state index contributed by atoms with van der Waals surface area (Å²) in [5.41, 5.74) is 2.19. The van der Waals surface area contributed by atoms with E-state index in [-0.39, 0.29) is 24.0 Å². The van der Waals surface area contributed by atoms with Crippen LogP contribution in [0.3, 0.4) is 0 Å². The van der Waals surface area contributed by atoms with Gasteiger partial charge in [0.05, 0.1) is 17.2 Å². The molecule has 1 fully saturated rings. The number of hydrogen-bond donors (Lipinski definition) is 3. The van der Waals surface area contributed by atoms with Crippen molar-refractivity contribution in [2.24, 2.45) is 0 Å². The Hall–Kier alpha value is -2.25. The van der Waals surface area contributed by atoms with Crippen LogP contribution in [0.5, 0.6) is 0 Å². The molecule has 0 spiro atoms. The fourth-order valence-corrected chi connectivity index (χ4v) is 5.33. The fourth-order valence-electron chi connectivity index (χ4n) is 4.04. The molecule has 2 aromatic heterocycles. The van der Waals surface area contributed by atoms with E-state index in [2.05, 4.69) is 15.6 Å². The van der Waals surface area contributed by atoms with E-state index >= 15 is 0 Å². The molecule has 28 heavy (non-hydrogen) atoms. The van der Waals surface area contributed by atoms with Crippen LogP contribution in [0, 0.1) is 0 Å². The van der Waals surface area contributed by atoms with Gasteiger partial charge in [-0.3, -0.25) is 14.6 Å². The Balaban J connectivity index is 1.57. The van der Waals surface area contributed by atoms with E-state index in [9.17, 15) is 14.7 Å². The van der Waals surface area contributed by atoms with Crippen LogP contribution in [0.25, 0.3) is 0 Å². The quantitative estimate of drug-likeness (QED) is 0.736. The summed E-state index contributed by atoms with van der Waals surface area (Å²) in [5, 5.41) is 16.4. The first-order valence-electron chi connectivity index (χ1n) is 9.96. The van der Waals surface area contributed by atoms with E-state index < -0.39 is 0 Å². The number of aryl methyl sites for hydroxylation is 1. The zero-order valence-corrected chi connectivity index (χ0v) is 16.6. The zero-order chi connectivity index (χ0) is 19.5. The van der Waals surface area contributed by atoms with Gasteiger partial charge in [-0.05, 0) is 69.1 Å². The molecule has 0 unspecified atom stereocenters. The van der Waals surface area contributed by atoms with Gasteiger partial charge in [0.2, 0.25) is 0 Å². The summed E-state index contributed by atoms with van der Waals surface area (Å²) in [4.78, 5) is 31.0. The Bertz CT molecular complexity index is 857. The molecule has 148 valence electrons. The second-order valence-corrected chi connectivity index (χ2v) is 8.69. The minimum atomic E-state index is -0.253. The smallest absolute Gasteiger partial charge is 0.257 e. The van der Waals surface area contributed by atoms with Crippen LogP contribution < -0.4 is 10.6 Å². The summed E-state index contributed by atoms with van der Waals surface area (Å²) in [6.07, 6.45) is 9.93. The highest BCUT2D eigenvalue weighted by Crippen LogP contribution is 2.38. The van der Waals surface area contributed by atoms with Gasteiger partial charge in [-0.25, -0.2) is 0 Å². The van der Waals surface area contributed by atoms with Crippen molar-refractivity contribution in [3.05, 3.63) is 46.1 Å². The van der Waals surface area contributed by atoms with Crippen molar-refractivity contribution in [1.29, 1.82) is 0 Å². The molecular weight excluding hydrogens is 374 g/mol. The van der Waals surface area contributed by atoms with Crippen LogP contribution >= 0.6 is 11.3 Å². The van der Waals surface area contributed by atoms with Gasteiger partial charge < -0.3 is 15.7 Å². The molecular formula is C21H25N3O3S. The number of aliphatic hydroxyl groups excluding tert-OH is 1. The molecule has 0 atom stereocenters. The Kier molecular flexibility index (Phi) is 5.73. The molecule has 0 aliphatic heterocycles. The van der Waals surface area contributed by atoms with Crippen LogP contribution in [0.15, 0.2) is 24.5 Å². The zero-order valence-electron chi connectivity index (χ0n) is 15.7. The molecule has 3 N–H and O–H groups in total. The number of anilines is 1.